The molecule has 12 nitrogen and oxygen atoms in total. The minimum absolute atomic E-state index is 0.198. The summed E-state index contributed by atoms with van der Waals surface area (Å²) in [6.45, 7) is 2.42. The Morgan fingerprint density at radius 2 is 1.48 bits per heavy atom. The minimum Gasteiger partial charge on any atom is -0.480 e. The second-order valence-corrected chi connectivity index (χ2v) is 8.25. The van der Waals surface area contributed by atoms with Gasteiger partial charge in [0.05, 0.1) is 12.6 Å². The van der Waals surface area contributed by atoms with Crippen molar-refractivity contribution in [1.82, 2.24) is 16.0 Å². The number of carboxylic acids is 1. The second-order valence-electron chi connectivity index (χ2n) is 7.27. The van der Waals surface area contributed by atoms with Crippen molar-refractivity contribution in [1.29, 1.82) is 0 Å². The summed E-state index contributed by atoms with van der Waals surface area (Å²) in [5.41, 5.74) is 10.8. The van der Waals surface area contributed by atoms with E-state index in [2.05, 4.69) is 16.0 Å². The number of carbonyl (C=O) groups excluding carboxylic acids is 4. The fourth-order valence-corrected chi connectivity index (χ4v) is 2.93. The van der Waals surface area contributed by atoms with Crippen molar-refractivity contribution in [3.63, 3.8) is 0 Å². The molecule has 0 spiro atoms. The van der Waals surface area contributed by atoms with E-state index in [0.29, 0.717) is 12.2 Å². The lowest BCUT2D eigenvalue weighted by Gasteiger charge is -2.25. The van der Waals surface area contributed by atoms with Gasteiger partial charge in [-0.1, -0.05) is 13.8 Å². The number of hydrogen-bond donors (Lipinski definition) is 7. The molecular formula is C18H33N5O7S. The van der Waals surface area contributed by atoms with Crippen molar-refractivity contribution >= 4 is 41.4 Å². The Balaban J connectivity index is 5.27. The average Bonchev–Trinajstić information content (AvgIpc) is 2.69. The number of primary amides is 1. The van der Waals surface area contributed by atoms with Crippen LogP contribution in [0.4, 0.5) is 0 Å². The van der Waals surface area contributed by atoms with Crippen LogP contribution in [-0.4, -0.2) is 82.6 Å². The first-order valence-electron chi connectivity index (χ1n) is 9.72. The highest BCUT2D eigenvalue weighted by Crippen LogP contribution is 2.05. The van der Waals surface area contributed by atoms with E-state index in [9.17, 15) is 34.2 Å². The Morgan fingerprint density at radius 3 is 1.94 bits per heavy atom. The molecule has 0 rings (SSSR count). The number of thioether (sulfide) groups is 1. The molecule has 0 saturated carbocycles. The maximum Gasteiger partial charge on any atom is 0.326 e. The third kappa shape index (κ3) is 11.0. The summed E-state index contributed by atoms with van der Waals surface area (Å²) < 4.78 is 0. The molecule has 0 aromatic carbocycles. The quantitative estimate of drug-likeness (QED) is 0.137. The van der Waals surface area contributed by atoms with Crippen LogP contribution in [0.5, 0.6) is 0 Å². The third-order valence-corrected chi connectivity index (χ3v) is 4.97. The Kier molecular flexibility index (Phi) is 13.5. The van der Waals surface area contributed by atoms with Gasteiger partial charge < -0.3 is 37.6 Å². The Labute approximate surface area is 185 Å². The number of hydrogen-bond acceptors (Lipinski definition) is 8. The fourth-order valence-electron chi connectivity index (χ4n) is 2.44. The zero-order chi connectivity index (χ0) is 24.1. The van der Waals surface area contributed by atoms with Crippen LogP contribution in [0.15, 0.2) is 0 Å². The predicted octanol–water partition coefficient (Wildman–Crippen LogP) is -2.48. The summed E-state index contributed by atoms with van der Waals surface area (Å²) in [5, 5.41) is 25.7. The van der Waals surface area contributed by atoms with Crippen LogP contribution in [0.1, 0.15) is 33.1 Å². The van der Waals surface area contributed by atoms with Gasteiger partial charge in [-0.2, -0.15) is 11.8 Å². The van der Waals surface area contributed by atoms with Crippen LogP contribution < -0.4 is 27.4 Å². The van der Waals surface area contributed by atoms with Gasteiger partial charge in [-0.15, -0.1) is 0 Å². The van der Waals surface area contributed by atoms with Crippen molar-refractivity contribution < 1.29 is 34.2 Å². The monoisotopic (exact) mass is 463 g/mol. The maximum absolute atomic E-state index is 12.6. The standard InChI is InChI=1S/C18H33N5O7S/c1-9(2)14(18(29)30)23-16(27)11(4-5-13(20)25)21-17(28)12(8-24)22-15(26)10(19)6-7-31-3/h9-12,14,24H,4-8,19H2,1-3H3,(H2,20,25)(H,21,28)(H,22,26)(H,23,27)(H,29,30). The molecule has 4 atom stereocenters. The third-order valence-electron chi connectivity index (χ3n) is 4.33. The van der Waals surface area contributed by atoms with E-state index in [1.165, 1.54) is 11.8 Å². The SMILES string of the molecule is CSCCC(N)C(=O)NC(CO)C(=O)NC(CCC(N)=O)C(=O)NC(C(=O)O)C(C)C. The molecule has 0 fully saturated rings. The largest absolute Gasteiger partial charge is 0.480 e. The lowest BCUT2D eigenvalue weighted by molar-refractivity contribution is -0.143. The summed E-state index contributed by atoms with van der Waals surface area (Å²) >= 11 is 1.49. The number of carboxylic acid groups (broad SMARTS) is 1. The predicted molar refractivity (Wildman–Crippen MR) is 115 cm³/mol. The number of amides is 4. The molecule has 4 amide bonds. The molecule has 4 unspecified atom stereocenters. The van der Waals surface area contributed by atoms with Crippen LogP contribution >= 0.6 is 11.8 Å². The van der Waals surface area contributed by atoms with Gasteiger partial charge in [0.1, 0.15) is 18.1 Å². The van der Waals surface area contributed by atoms with E-state index in [1.54, 1.807) is 13.8 Å². The van der Waals surface area contributed by atoms with Gasteiger partial charge in [-0.05, 0) is 30.8 Å². The van der Waals surface area contributed by atoms with Crippen LogP contribution in [-0.2, 0) is 24.0 Å². The maximum atomic E-state index is 12.6. The lowest BCUT2D eigenvalue weighted by atomic mass is 10.0. The highest BCUT2D eigenvalue weighted by atomic mass is 32.2. The summed E-state index contributed by atoms with van der Waals surface area (Å²) in [6.07, 6.45) is 1.76. The van der Waals surface area contributed by atoms with Gasteiger partial charge in [-0.25, -0.2) is 4.79 Å². The summed E-state index contributed by atoms with van der Waals surface area (Å²) in [6, 6.07) is -4.80. The molecule has 0 aliphatic rings. The number of rotatable bonds is 15. The highest BCUT2D eigenvalue weighted by Gasteiger charge is 2.31. The molecule has 0 saturated heterocycles. The average molecular weight is 464 g/mol. The smallest absolute Gasteiger partial charge is 0.326 e. The Hall–Kier alpha value is -2.38. The first kappa shape index (κ1) is 28.6. The first-order chi connectivity index (χ1) is 14.4. The van der Waals surface area contributed by atoms with Crippen LogP contribution in [0.25, 0.3) is 0 Å². The van der Waals surface area contributed by atoms with Gasteiger partial charge in [-0.3, -0.25) is 19.2 Å². The minimum atomic E-state index is -1.39. The van der Waals surface area contributed by atoms with Gasteiger partial charge in [0, 0.05) is 6.42 Å². The van der Waals surface area contributed by atoms with Gasteiger partial charge in [0.2, 0.25) is 23.6 Å². The normalized spacial score (nSPS) is 14.8. The number of nitrogens with two attached hydrogens (primary N) is 2. The van der Waals surface area contributed by atoms with Crippen molar-refractivity contribution in [2.24, 2.45) is 17.4 Å². The van der Waals surface area contributed by atoms with Crippen molar-refractivity contribution in [3.8, 4) is 0 Å². The molecule has 178 valence electrons. The van der Waals surface area contributed by atoms with E-state index >= 15 is 0 Å². The molecular weight excluding hydrogens is 430 g/mol. The lowest BCUT2D eigenvalue weighted by Crippen LogP contribution is -2.58. The van der Waals surface area contributed by atoms with E-state index < -0.39 is 66.3 Å². The van der Waals surface area contributed by atoms with Crippen LogP contribution in [0.3, 0.4) is 0 Å². The number of aliphatic carboxylic acids is 1. The van der Waals surface area contributed by atoms with Gasteiger partial charge >= 0.3 is 5.97 Å². The molecule has 0 aliphatic heterocycles. The van der Waals surface area contributed by atoms with Crippen LogP contribution in [0.2, 0.25) is 0 Å². The molecule has 0 radical (unpaired) electrons. The van der Waals surface area contributed by atoms with Gasteiger partial charge in [0.15, 0.2) is 0 Å². The number of carbonyl (C=O) groups is 5. The summed E-state index contributed by atoms with van der Waals surface area (Å²) in [7, 11) is 0. The van der Waals surface area contributed by atoms with Crippen molar-refractivity contribution in [2.75, 3.05) is 18.6 Å². The van der Waals surface area contributed by atoms with Crippen molar-refractivity contribution in [3.05, 3.63) is 0 Å². The molecule has 31 heavy (non-hydrogen) atoms. The molecule has 0 heterocycles. The van der Waals surface area contributed by atoms with E-state index in [4.69, 9.17) is 11.5 Å². The topological polar surface area (TPSA) is 214 Å². The fraction of sp³-hybridized carbons (Fsp3) is 0.722. The number of nitrogens with one attached hydrogen (secondary N) is 3. The summed E-state index contributed by atoms with van der Waals surface area (Å²) in [5.74, 6) is -4.18. The Bertz CT molecular complexity index is 647. The molecule has 0 aromatic rings. The molecule has 0 aliphatic carbocycles. The van der Waals surface area contributed by atoms with Crippen molar-refractivity contribution in [2.45, 2.75) is 57.3 Å². The number of aliphatic hydroxyl groups excluding tert-OH is 1. The van der Waals surface area contributed by atoms with E-state index in [-0.39, 0.29) is 12.8 Å². The highest BCUT2D eigenvalue weighted by molar-refractivity contribution is 7.98. The molecule has 13 heteroatoms. The van der Waals surface area contributed by atoms with Crippen LogP contribution in [0, 0.1) is 5.92 Å². The molecule has 0 aromatic heterocycles. The second kappa shape index (κ2) is 14.6. The van der Waals surface area contributed by atoms with Gasteiger partial charge in [0.25, 0.3) is 0 Å². The zero-order valence-electron chi connectivity index (χ0n) is 17.9. The molecule has 9 N–H and O–H groups in total. The Morgan fingerprint density at radius 1 is 0.935 bits per heavy atom. The number of aliphatic hydroxyl groups is 1. The summed E-state index contributed by atoms with van der Waals surface area (Å²) in [4.78, 5) is 59.6. The van der Waals surface area contributed by atoms with E-state index in [1.807, 2.05) is 6.26 Å². The van der Waals surface area contributed by atoms with E-state index in [0.717, 1.165) is 0 Å². The first-order valence-corrected chi connectivity index (χ1v) is 11.1. The molecule has 0 bridgehead atoms. The zero-order valence-corrected chi connectivity index (χ0v) is 18.7.